The fraction of sp³-hybridized carbons (Fsp3) is 0.222. The lowest BCUT2D eigenvalue weighted by Crippen LogP contribution is -2.05. The molecule has 5 heteroatoms. The summed E-state index contributed by atoms with van der Waals surface area (Å²) in [5.74, 6) is 0.772. The van der Waals surface area contributed by atoms with E-state index in [0.717, 1.165) is 11.5 Å². The van der Waals surface area contributed by atoms with Gasteiger partial charge in [-0.2, -0.15) is 5.10 Å². The largest absolute Gasteiger partial charge is 0.363 e. The summed E-state index contributed by atoms with van der Waals surface area (Å²) in [4.78, 5) is 4.02. The normalized spacial score (nSPS) is 10.1. The molecule has 0 saturated heterocycles. The van der Waals surface area contributed by atoms with Crippen molar-refractivity contribution < 1.29 is 0 Å². The third kappa shape index (κ3) is 1.87. The number of imidazole rings is 1. The van der Waals surface area contributed by atoms with Crippen LogP contribution in [0.15, 0.2) is 30.9 Å². The van der Waals surface area contributed by atoms with Crippen LogP contribution in [0.1, 0.15) is 5.69 Å². The Labute approximate surface area is 81.8 Å². The predicted molar refractivity (Wildman–Crippen MR) is 52.6 cm³/mol. The molecule has 5 nitrogen and oxygen atoms in total. The van der Waals surface area contributed by atoms with Gasteiger partial charge in [0.2, 0.25) is 0 Å². The van der Waals surface area contributed by atoms with E-state index >= 15 is 0 Å². The number of rotatable bonds is 3. The Bertz CT molecular complexity index is 395. The lowest BCUT2D eigenvalue weighted by atomic mass is 10.4. The predicted octanol–water partition coefficient (Wildman–Crippen LogP) is 0.822. The van der Waals surface area contributed by atoms with Crippen molar-refractivity contribution in [1.29, 1.82) is 0 Å². The number of hydrogen-bond donors (Lipinski definition) is 1. The van der Waals surface area contributed by atoms with Crippen LogP contribution in [-0.2, 0) is 13.6 Å². The van der Waals surface area contributed by atoms with Gasteiger partial charge in [0.05, 0.1) is 18.6 Å². The molecule has 0 aliphatic heterocycles. The maximum atomic E-state index is 4.02. The molecule has 1 N–H and O–H groups in total. The van der Waals surface area contributed by atoms with Gasteiger partial charge in [0.25, 0.3) is 0 Å². The monoisotopic (exact) mass is 189 g/mol. The van der Waals surface area contributed by atoms with Crippen molar-refractivity contribution in [3.63, 3.8) is 0 Å². The SMILES string of the molecule is Cn1cncc1CNc1cccnn1. The van der Waals surface area contributed by atoms with E-state index in [1.165, 1.54) is 0 Å². The average Bonchev–Trinajstić information content (AvgIpc) is 2.63. The zero-order valence-electron chi connectivity index (χ0n) is 7.88. The van der Waals surface area contributed by atoms with Crippen molar-refractivity contribution in [2.24, 2.45) is 7.05 Å². The Morgan fingerprint density at radius 3 is 3.07 bits per heavy atom. The van der Waals surface area contributed by atoms with Gasteiger partial charge in [-0.3, -0.25) is 0 Å². The Morgan fingerprint density at radius 2 is 2.43 bits per heavy atom. The molecule has 0 radical (unpaired) electrons. The summed E-state index contributed by atoms with van der Waals surface area (Å²) in [5.41, 5.74) is 1.11. The van der Waals surface area contributed by atoms with E-state index in [2.05, 4.69) is 20.5 Å². The van der Waals surface area contributed by atoms with Crippen LogP contribution in [-0.4, -0.2) is 19.7 Å². The molecule has 14 heavy (non-hydrogen) atoms. The fourth-order valence-corrected chi connectivity index (χ4v) is 1.13. The molecule has 0 aliphatic carbocycles. The lowest BCUT2D eigenvalue weighted by Gasteiger charge is -2.04. The van der Waals surface area contributed by atoms with Crippen molar-refractivity contribution in [2.75, 3.05) is 5.32 Å². The fourth-order valence-electron chi connectivity index (χ4n) is 1.13. The van der Waals surface area contributed by atoms with Gasteiger partial charge in [-0.1, -0.05) is 0 Å². The third-order valence-electron chi connectivity index (χ3n) is 1.94. The first-order valence-corrected chi connectivity index (χ1v) is 4.33. The van der Waals surface area contributed by atoms with Crippen molar-refractivity contribution in [3.05, 3.63) is 36.5 Å². The summed E-state index contributed by atoms with van der Waals surface area (Å²) >= 11 is 0. The minimum absolute atomic E-state index is 0.704. The second-order valence-corrected chi connectivity index (χ2v) is 2.96. The van der Waals surface area contributed by atoms with E-state index in [1.807, 2.05) is 29.9 Å². The van der Waals surface area contributed by atoms with E-state index in [-0.39, 0.29) is 0 Å². The first-order valence-electron chi connectivity index (χ1n) is 4.33. The minimum atomic E-state index is 0.704. The summed E-state index contributed by atoms with van der Waals surface area (Å²) < 4.78 is 1.96. The number of nitrogens with zero attached hydrogens (tertiary/aromatic N) is 4. The van der Waals surface area contributed by atoms with E-state index in [9.17, 15) is 0 Å². The van der Waals surface area contributed by atoms with Crippen LogP contribution in [0.25, 0.3) is 0 Å². The first kappa shape index (κ1) is 8.68. The van der Waals surface area contributed by atoms with Crippen LogP contribution in [0, 0.1) is 0 Å². The molecule has 0 spiro atoms. The molecular formula is C9H11N5. The van der Waals surface area contributed by atoms with Crippen LogP contribution in [0.5, 0.6) is 0 Å². The third-order valence-corrected chi connectivity index (χ3v) is 1.94. The second-order valence-electron chi connectivity index (χ2n) is 2.96. The van der Waals surface area contributed by atoms with Crippen LogP contribution in [0.3, 0.4) is 0 Å². The van der Waals surface area contributed by atoms with Gasteiger partial charge in [-0.05, 0) is 12.1 Å². The molecule has 0 aliphatic rings. The van der Waals surface area contributed by atoms with E-state index in [0.29, 0.717) is 6.54 Å². The first-order chi connectivity index (χ1) is 6.86. The van der Waals surface area contributed by atoms with Crippen molar-refractivity contribution >= 4 is 5.82 Å². The number of anilines is 1. The highest BCUT2D eigenvalue weighted by Crippen LogP contribution is 2.02. The molecule has 0 bridgehead atoms. The lowest BCUT2D eigenvalue weighted by molar-refractivity contribution is 0.833. The van der Waals surface area contributed by atoms with Gasteiger partial charge in [0.15, 0.2) is 0 Å². The molecule has 0 amide bonds. The number of nitrogens with one attached hydrogen (secondary N) is 1. The molecule has 0 aromatic carbocycles. The maximum Gasteiger partial charge on any atom is 0.148 e. The topological polar surface area (TPSA) is 55.6 Å². The van der Waals surface area contributed by atoms with Gasteiger partial charge in [0, 0.05) is 19.4 Å². The molecule has 2 aromatic rings. The highest BCUT2D eigenvalue weighted by atomic mass is 15.2. The Balaban J connectivity index is 1.99. The molecule has 0 atom stereocenters. The van der Waals surface area contributed by atoms with Gasteiger partial charge in [-0.15, -0.1) is 5.10 Å². The standard InChI is InChI=1S/C9H11N5/c1-14-7-10-5-8(14)6-11-9-3-2-4-12-13-9/h2-5,7H,6H2,1H3,(H,11,13). The van der Waals surface area contributed by atoms with Gasteiger partial charge in [0.1, 0.15) is 5.82 Å². The van der Waals surface area contributed by atoms with Crippen LogP contribution in [0.4, 0.5) is 5.82 Å². The number of aryl methyl sites for hydroxylation is 1. The molecule has 0 fully saturated rings. The smallest absolute Gasteiger partial charge is 0.148 e. The Morgan fingerprint density at radius 1 is 1.50 bits per heavy atom. The summed E-state index contributed by atoms with van der Waals surface area (Å²) in [6.07, 6.45) is 5.24. The maximum absolute atomic E-state index is 4.02. The van der Waals surface area contributed by atoms with E-state index in [1.54, 1.807) is 12.5 Å². The van der Waals surface area contributed by atoms with Crippen LogP contribution >= 0.6 is 0 Å². The average molecular weight is 189 g/mol. The summed E-state index contributed by atoms with van der Waals surface area (Å²) in [6.45, 7) is 0.704. The van der Waals surface area contributed by atoms with Crippen molar-refractivity contribution in [2.45, 2.75) is 6.54 Å². The molecule has 2 heterocycles. The van der Waals surface area contributed by atoms with Gasteiger partial charge in [-0.25, -0.2) is 4.98 Å². The van der Waals surface area contributed by atoms with Crippen LogP contribution < -0.4 is 5.32 Å². The number of aromatic nitrogens is 4. The molecule has 72 valence electrons. The Kier molecular flexibility index (Phi) is 2.40. The molecular weight excluding hydrogens is 178 g/mol. The van der Waals surface area contributed by atoms with E-state index < -0.39 is 0 Å². The van der Waals surface area contributed by atoms with E-state index in [4.69, 9.17) is 0 Å². The molecule has 2 rings (SSSR count). The Hall–Kier alpha value is -1.91. The number of hydrogen-bond acceptors (Lipinski definition) is 4. The quantitative estimate of drug-likeness (QED) is 0.776. The van der Waals surface area contributed by atoms with Crippen molar-refractivity contribution in [3.8, 4) is 0 Å². The van der Waals surface area contributed by atoms with Gasteiger partial charge < -0.3 is 9.88 Å². The van der Waals surface area contributed by atoms with Gasteiger partial charge >= 0.3 is 0 Å². The summed E-state index contributed by atoms with van der Waals surface area (Å²) in [6, 6.07) is 3.72. The van der Waals surface area contributed by atoms with Crippen molar-refractivity contribution in [1.82, 2.24) is 19.7 Å². The summed E-state index contributed by atoms with van der Waals surface area (Å²) in [5, 5.41) is 10.8. The molecule has 0 unspecified atom stereocenters. The molecule has 0 saturated carbocycles. The zero-order chi connectivity index (χ0) is 9.80. The minimum Gasteiger partial charge on any atom is -0.363 e. The summed E-state index contributed by atoms with van der Waals surface area (Å²) in [7, 11) is 1.96. The highest BCUT2D eigenvalue weighted by molar-refractivity contribution is 5.31. The highest BCUT2D eigenvalue weighted by Gasteiger charge is 1.97. The van der Waals surface area contributed by atoms with Crippen LogP contribution in [0.2, 0.25) is 0 Å². The zero-order valence-corrected chi connectivity index (χ0v) is 7.88. The second kappa shape index (κ2) is 3.87. The molecule has 2 aromatic heterocycles.